The number of imide groups is 2. The largest absolute Gasteiger partial charge is 0.389 e. The number of nitrogens with zero attached hydrogens (tertiary/aromatic N) is 4. The minimum Gasteiger partial charge on any atom is -0.389 e. The van der Waals surface area contributed by atoms with E-state index in [0.717, 1.165) is 37.1 Å². The van der Waals surface area contributed by atoms with Crippen molar-refractivity contribution in [1.29, 1.82) is 0 Å². The quantitative estimate of drug-likeness (QED) is 0.0166. The number of amides is 5. The molecule has 2 aromatic rings. The lowest BCUT2D eigenvalue weighted by Gasteiger charge is -2.47. The van der Waals surface area contributed by atoms with Crippen LogP contribution in [0, 0.1) is 0 Å². The number of ether oxygens (including phenoxy) is 12. The van der Waals surface area contributed by atoms with Crippen molar-refractivity contribution in [3.63, 3.8) is 0 Å². The molecule has 5 amide bonds. The number of unbranched alkanes of at least 4 members (excludes halogenated alkanes) is 3. The molecule has 50 nitrogen and oxygen atoms in total. The van der Waals surface area contributed by atoms with Crippen molar-refractivity contribution in [2.24, 2.45) is 68.8 Å². The molecule has 12 rings (SSSR count). The minimum absolute atomic E-state index is 0.0316. The van der Waals surface area contributed by atoms with Gasteiger partial charge in [0, 0.05) is 165 Å². The molecule has 794 valence electrons. The van der Waals surface area contributed by atoms with Crippen molar-refractivity contribution < 1.29 is 142 Å². The number of likely N-dealkylation sites (N-methyl/N-ethyl adjacent to an activating group) is 1. The van der Waals surface area contributed by atoms with Gasteiger partial charge in [-0.3, -0.25) is 33.8 Å². The topological polar surface area (TPSA) is 824 Å². The first-order valence-electron chi connectivity index (χ1n) is 47.8. The molecule has 0 bridgehead atoms. The molecule has 15 unspecified atom stereocenters. The lowest BCUT2D eigenvalue weighted by molar-refractivity contribution is -0.306. The Bertz CT molecular complexity index is 4300. The Morgan fingerprint density at radius 2 is 0.686 bits per heavy atom. The smallest absolute Gasteiger partial charge is 0.261 e. The standard InChI is InChI=1S/C86H147N21O29S4/c1-104(2)24-25-107-77(123)38-13-11-36-51-37(12-14-39(52(38)51)78(107)124)76(122)106(75(36)121)23-8-10-50(108)99-15-4-3-6-20-105(22-9-17-101-86(138)103-19-27-140-35-49-72(134-82-56(98)66(118)62(114)47(33-90)128-82)68(120)84(130-49)136-74-58(110)41(92)29-43(94)70(74)132-80-54(96)64(116)60(112)45(31-88)126-80)21-7-5-16-100-85(137)102-18-26-139-34-48-71(133-81-55(97)65(117)61(113)46(32-89)127-81)67(119)83(129-48)135-73-57(109)40(91)28-42(93)69(73)131-79-53(95)63(115)59(111)44(30-87)125-79/h11-14,40-49,53-74,79-84,109-120H,3-10,15-35,87-98H2,1-2H3,(H,99,108)(H2,100,102,137)(H2,101,103,138)/t40-,41-,42?,43?,44?,45?,46+,47+,48-,49-,53?,54?,55?,56?,57?,58?,59-,60-,61-,62-,63-,64-,65?,66?,67+,68+,69-,70-,71+,72+,73-,74-,79+,80?,81-,82-,83?,84?/m1/s1. The van der Waals surface area contributed by atoms with E-state index in [2.05, 4.69) is 31.5 Å². The third kappa shape index (κ3) is 27.2. The second-order valence-electron chi connectivity index (χ2n) is 37.5. The SMILES string of the molecule is CN(C)CCN1C(=O)c2ccc3c4c(ccc(c24)C1=O)C(=O)N(CCCC(=O)NCCCCCN(CCCCNC(=S)NCCSC[C@H]1OC(O[C@@H]2C(O)[C@H](N)CC(N)[C@H]2O[C@@H]2OC(CN)[C@@H](O)[C@H](O)C2N)[C@@H](O)[C@H]1O[C@H]1O[C@@H](CN)[C@@H](O)C(O)C1N)CCCNC(=S)NCCSC[C@H]1OC(O[C@@H]2C(O)[C@H](N)CC(N)[C@H]2OC2OC(CN)[C@@H](O)[C@H](O)C2N)[C@@H](O)[C@H]1O[C@H]1O[C@@H](CN)[C@@H](O)C(O)C1N)C3=O. The van der Waals surface area contributed by atoms with Crippen LogP contribution < -0.4 is 95.4 Å². The number of thioether (sulfide) groups is 2. The number of nitrogens with one attached hydrogen (secondary N) is 5. The Labute approximate surface area is 829 Å². The van der Waals surface area contributed by atoms with Crippen LogP contribution in [0.2, 0.25) is 0 Å². The fourth-order valence-electron chi connectivity index (χ4n) is 19.0. The van der Waals surface area contributed by atoms with Crippen molar-refractivity contribution in [1.82, 2.24) is 46.2 Å². The number of hydrogen-bond donors (Lipinski definition) is 29. The molecule has 2 aliphatic carbocycles. The number of rotatable bonds is 48. The number of benzene rings is 2. The maximum atomic E-state index is 14.0. The van der Waals surface area contributed by atoms with Crippen molar-refractivity contribution in [3.8, 4) is 0 Å². The van der Waals surface area contributed by atoms with Gasteiger partial charge in [0.25, 0.3) is 23.6 Å². The summed E-state index contributed by atoms with van der Waals surface area (Å²) in [6, 6.07) is -2.91. The summed E-state index contributed by atoms with van der Waals surface area (Å²) < 4.78 is 74.1. The molecule has 0 spiro atoms. The fourth-order valence-corrected chi connectivity index (χ4v) is 21.2. The molecule has 2 saturated carbocycles. The highest BCUT2D eigenvalue weighted by Gasteiger charge is 2.58. The molecule has 38 atom stereocenters. The predicted octanol–water partition coefficient (Wildman–Crippen LogP) is -13.2. The number of thiocarbonyl (C=S) groups is 2. The third-order valence-corrected chi connectivity index (χ3v) is 29.9. The zero-order chi connectivity index (χ0) is 102. The van der Waals surface area contributed by atoms with Gasteiger partial charge in [-0.05, 0) is 134 Å². The van der Waals surface area contributed by atoms with Crippen LogP contribution in [-0.4, -0.2) is 488 Å². The molecule has 0 aromatic heterocycles. The molecule has 8 fully saturated rings. The first kappa shape index (κ1) is 114. The van der Waals surface area contributed by atoms with E-state index in [0.29, 0.717) is 86.9 Å². The number of nitrogens with two attached hydrogens (primary N) is 12. The van der Waals surface area contributed by atoms with Gasteiger partial charge < -0.3 is 223 Å². The van der Waals surface area contributed by atoms with Crippen LogP contribution in [0.25, 0.3) is 10.8 Å². The van der Waals surface area contributed by atoms with Gasteiger partial charge in [0.2, 0.25) is 5.91 Å². The number of carbonyl (C=O) groups is 5. The molecule has 8 aliphatic heterocycles. The van der Waals surface area contributed by atoms with Gasteiger partial charge in [-0.15, -0.1) is 0 Å². The minimum atomic E-state index is -1.64. The highest BCUT2D eigenvalue weighted by atomic mass is 32.2. The second kappa shape index (κ2) is 52.7. The van der Waals surface area contributed by atoms with Crippen molar-refractivity contribution in [2.45, 2.75) is 297 Å². The van der Waals surface area contributed by atoms with Crippen LogP contribution in [0.15, 0.2) is 24.3 Å². The van der Waals surface area contributed by atoms with Crippen LogP contribution >= 0.6 is 48.0 Å². The van der Waals surface area contributed by atoms with E-state index in [4.69, 9.17) is 150 Å². The van der Waals surface area contributed by atoms with E-state index in [1.54, 1.807) is 0 Å². The van der Waals surface area contributed by atoms with Gasteiger partial charge in [0.1, 0.15) is 122 Å². The Kier molecular flexibility index (Phi) is 42.8. The summed E-state index contributed by atoms with van der Waals surface area (Å²) in [4.78, 5) is 75.0. The van der Waals surface area contributed by atoms with Gasteiger partial charge in [-0.25, -0.2) is 0 Å². The van der Waals surface area contributed by atoms with E-state index >= 15 is 0 Å². The van der Waals surface area contributed by atoms with Gasteiger partial charge in [-0.1, -0.05) is 6.42 Å². The second-order valence-corrected chi connectivity index (χ2v) is 40.6. The molecule has 140 heavy (non-hydrogen) atoms. The van der Waals surface area contributed by atoms with Crippen LogP contribution in [0.3, 0.4) is 0 Å². The summed E-state index contributed by atoms with van der Waals surface area (Å²) >= 11 is 14.2. The number of carbonyl (C=O) groups excluding carboxylic acids is 5. The van der Waals surface area contributed by atoms with E-state index in [-0.39, 0.29) is 115 Å². The van der Waals surface area contributed by atoms with Gasteiger partial charge in [-0.2, -0.15) is 23.5 Å². The average Bonchev–Trinajstić information content (AvgIpc) is 0.958. The Balaban J connectivity index is 0.616. The molecule has 2 aromatic carbocycles. The molecular formula is C86H147N21O29S4. The summed E-state index contributed by atoms with van der Waals surface area (Å²) in [5, 5.41) is 151. The fraction of sp³-hybridized carbons (Fsp3) is 0.802. The van der Waals surface area contributed by atoms with Crippen LogP contribution in [-0.2, 0) is 61.6 Å². The summed E-state index contributed by atoms with van der Waals surface area (Å²) in [5.41, 5.74) is 75.4. The Morgan fingerprint density at radius 1 is 0.371 bits per heavy atom. The number of hydrogen-bond acceptors (Lipinski definition) is 47. The summed E-state index contributed by atoms with van der Waals surface area (Å²) in [6.45, 7) is 3.94. The molecule has 54 heteroatoms. The molecule has 41 N–H and O–H groups in total. The average molecular weight is 2070 g/mol. The molecule has 8 heterocycles. The van der Waals surface area contributed by atoms with E-state index in [1.807, 2.05) is 19.0 Å². The third-order valence-electron chi connectivity index (χ3n) is 27.2. The summed E-state index contributed by atoms with van der Waals surface area (Å²) in [5.74, 6) is -1.24. The highest BCUT2D eigenvalue weighted by molar-refractivity contribution is 7.99. The number of aliphatic hydroxyl groups excluding tert-OH is 12. The van der Waals surface area contributed by atoms with Gasteiger partial charge in [0.15, 0.2) is 48.0 Å². The first-order chi connectivity index (χ1) is 66.8. The van der Waals surface area contributed by atoms with Crippen molar-refractivity contribution in [2.75, 3.05) is 135 Å². The normalized spacial score (nSPS) is 37.9. The number of aliphatic hydroxyl groups is 12. The summed E-state index contributed by atoms with van der Waals surface area (Å²) in [7, 11) is 3.66. The van der Waals surface area contributed by atoms with E-state index in [9.17, 15) is 85.3 Å². The van der Waals surface area contributed by atoms with Gasteiger partial charge >= 0.3 is 0 Å². The zero-order valence-corrected chi connectivity index (χ0v) is 81.7. The van der Waals surface area contributed by atoms with Crippen molar-refractivity contribution in [3.05, 3.63) is 46.5 Å². The summed E-state index contributed by atoms with van der Waals surface area (Å²) in [6.07, 6.45) is -36.4. The van der Waals surface area contributed by atoms with Gasteiger partial charge in [0.05, 0.1) is 48.6 Å². The molecule has 0 radical (unpaired) electrons. The van der Waals surface area contributed by atoms with Crippen molar-refractivity contribution >= 4 is 98.5 Å². The van der Waals surface area contributed by atoms with Crippen LogP contribution in [0.1, 0.15) is 106 Å². The Morgan fingerprint density at radius 3 is 1.06 bits per heavy atom. The lowest BCUT2D eigenvalue weighted by atomic mass is 9.84. The monoisotopic (exact) mass is 2070 g/mol. The van der Waals surface area contributed by atoms with Crippen LogP contribution in [0.4, 0.5) is 0 Å². The zero-order valence-electron chi connectivity index (χ0n) is 78.4. The van der Waals surface area contributed by atoms with Crippen LogP contribution in [0.5, 0.6) is 0 Å². The lowest BCUT2D eigenvalue weighted by Crippen LogP contribution is -2.68. The molecule has 10 aliphatic rings. The maximum absolute atomic E-state index is 14.0. The van der Waals surface area contributed by atoms with E-state index < -0.39 is 256 Å². The first-order valence-corrected chi connectivity index (χ1v) is 51.0. The maximum Gasteiger partial charge on any atom is 0.261 e. The molecule has 6 saturated heterocycles. The van der Waals surface area contributed by atoms with E-state index in [1.165, 1.54) is 52.7 Å². The highest BCUT2D eigenvalue weighted by Crippen LogP contribution is 2.42. The Hall–Kier alpha value is -4.99. The predicted molar refractivity (Wildman–Crippen MR) is 514 cm³/mol. The molecular weight excluding hydrogens is 1920 g/mol.